The van der Waals surface area contributed by atoms with Crippen LogP contribution in [0.5, 0.6) is 0 Å². The average Bonchev–Trinajstić information content (AvgIpc) is 2.45. The largest absolute Gasteiger partial charge is 0.383 e. The lowest BCUT2D eigenvalue weighted by Crippen LogP contribution is -2.34. The first kappa shape index (κ1) is 16.1. The van der Waals surface area contributed by atoms with Gasteiger partial charge in [0, 0.05) is 37.9 Å². The summed E-state index contributed by atoms with van der Waals surface area (Å²) in [6.07, 6.45) is 0. The summed E-state index contributed by atoms with van der Waals surface area (Å²) in [7, 11) is 3.62. The number of methoxy groups -OCH3 is 1. The minimum atomic E-state index is -0.503. The molecule has 3 N–H and O–H groups in total. The Hall–Kier alpha value is -1.92. The van der Waals surface area contributed by atoms with Crippen LogP contribution in [0, 0.1) is 0 Å². The van der Waals surface area contributed by atoms with Gasteiger partial charge in [-0.05, 0) is 31.3 Å². The number of carbonyl (C=O) groups is 2. The molecule has 0 unspecified atom stereocenters. The lowest BCUT2D eigenvalue weighted by Gasteiger charge is -2.16. The second kappa shape index (κ2) is 8.29. The van der Waals surface area contributed by atoms with E-state index >= 15 is 0 Å². The third kappa shape index (κ3) is 5.38. The minimum absolute atomic E-state index is 0.166. The summed E-state index contributed by atoms with van der Waals surface area (Å²) >= 11 is 0. The first-order chi connectivity index (χ1) is 9.54. The van der Waals surface area contributed by atoms with Gasteiger partial charge in [-0.25, -0.2) is 0 Å². The Kier molecular flexibility index (Phi) is 6.69. The smallest absolute Gasteiger partial charge is 0.251 e. The summed E-state index contributed by atoms with van der Waals surface area (Å²) in [5.74, 6) is -0.669. The lowest BCUT2D eigenvalue weighted by molar-refractivity contribution is 0.0945. The highest BCUT2D eigenvalue weighted by Crippen LogP contribution is 2.03. The molecule has 2 amide bonds. The highest BCUT2D eigenvalue weighted by Gasteiger charge is 2.07. The Bertz CT molecular complexity index is 445. The molecular formula is C14H21N3O3. The molecule has 0 bridgehead atoms. The van der Waals surface area contributed by atoms with Crippen molar-refractivity contribution >= 4 is 11.8 Å². The van der Waals surface area contributed by atoms with E-state index in [1.165, 1.54) is 0 Å². The quantitative estimate of drug-likeness (QED) is 0.706. The van der Waals surface area contributed by atoms with Crippen LogP contribution in [0.25, 0.3) is 0 Å². The molecule has 0 aliphatic heterocycles. The van der Waals surface area contributed by atoms with Crippen molar-refractivity contribution in [1.82, 2.24) is 10.2 Å². The Morgan fingerprint density at radius 1 is 1.20 bits per heavy atom. The number of ether oxygens (including phenoxy) is 1. The zero-order valence-electron chi connectivity index (χ0n) is 11.9. The van der Waals surface area contributed by atoms with Gasteiger partial charge in [-0.15, -0.1) is 0 Å². The fourth-order valence-corrected chi connectivity index (χ4v) is 1.61. The van der Waals surface area contributed by atoms with Gasteiger partial charge in [0.15, 0.2) is 0 Å². The van der Waals surface area contributed by atoms with E-state index < -0.39 is 5.91 Å². The molecule has 0 spiro atoms. The van der Waals surface area contributed by atoms with Gasteiger partial charge >= 0.3 is 0 Å². The van der Waals surface area contributed by atoms with E-state index in [1.54, 1.807) is 31.4 Å². The summed E-state index contributed by atoms with van der Waals surface area (Å²) in [5, 5.41) is 2.82. The molecule has 0 heterocycles. The number of benzene rings is 1. The molecule has 0 aromatic heterocycles. The summed E-state index contributed by atoms with van der Waals surface area (Å²) in [5.41, 5.74) is 6.04. The first-order valence-corrected chi connectivity index (χ1v) is 6.40. The van der Waals surface area contributed by atoms with Crippen LogP contribution in [0.2, 0.25) is 0 Å². The van der Waals surface area contributed by atoms with Gasteiger partial charge in [0.2, 0.25) is 5.91 Å². The number of carbonyl (C=O) groups excluding carboxylic acids is 2. The second-order valence-corrected chi connectivity index (χ2v) is 4.49. The van der Waals surface area contributed by atoms with Crippen molar-refractivity contribution in [3.63, 3.8) is 0 Å². The molecule has 6 heteroatoms. The number of nitrogens with one attached hydrogen (secondary N) is 1. The molecule has 0 radical (unpaired) electrons. The number of nitrogens with two attached hydrogens (primary N) is 1. The summed E-state index contributed by atoms with van der Waals surface area (Å²) in [6, 6.07) is 6.26. The Morgan fingerprint density at radius 2 is 1.80 bits per heavy atom. The third-order valence-electron chi connectivity index (χ3n) is 2.89. The van der Waals surface area contributed by atoms with E-state index in [9.17, 15) is 9.59 Å². The number of hydrogen-bond acceptors (Lipinski definition) is 4. The molecule has 0 aliphatic rings. The van der Waals surface area contributed by atoms with Crippen LogP contribution < -0.4 is 11.1 Å². The highest BCUT2D eigenvalue weighted by molar-refractivity contribution is 5.97. The Balaban J connectivity index is 2.37. The van der Waals surface area contributed by atoms with Crippen LogP contribution in [0.15, 0.2) is 24.3 Å². The van der Waals surface area contributed by atoms with Crippen LogP contribution in [0.1, 0.15) is 20.7 Å². The van der Waals surface area contributed by atoms with E-state index in [4.69, 9.17) is 10.5 Å². The molecule has 1 rings (SSSR count). The number of rotatable bonds is 8. The van der Waals surface area contributed by atoms with Crippen molar-refractivity contribution in [3.05, 3.63) is 35.4 Å². The number of likely N-dealkylation sites (N-methyl/N-ethyl adjacent to an activating group) is 1. The minimum Gasteiger partial charge on any atom is -0.383 e. The monoisotopic (exact) mass is 279 g/mol. The van der Waals surface area contributed by atoms with E-state index in [0.29, 0.717) is 24.3 Å². The maximum atomic E-state index is 11.9. The van der Waals surface area contributed by atoms with Crippen LogP contribution in [0.4, 0.5) is 0 Å². The average molecular weight is 279 g/mol. The summed E-state index contributed by atoms with van der Waals surface area (Å²) in [6.45, 7) is 2.78. The molecule has 1 aromatic carbocycles. The maximum absolute atomic E-state index is 11.9. The van der Waals surface area contributed by atoms with E-state index in [1.807, 2.05) is 7.05 Å². The van der Waals surface area contributed by atoms with Crippen molar-refractivity contribution < 1.29 is 14.3 Å². The lowest BCUT2D eigenvalue weighted by atomic mass is 10.1. The van der Waals surface area contributed by atoms with Gasteiger partial charge in [0.25, 0.3) is 5.91 Å². The van der Waals surface area contributed by atoms with Gasteiger partial charge in [-0.3, -0.25) is 9.59 Å². The van der Waals surface area contributed by atoms with Gasteiger partial charge in [0.1, 0.15) is 0 Å². The molecular weight excluding hydrogens is 258 g/mol. The number of primary amides is 1. The first-order valence-electron chi connectivity index (χ1n) is 6.40. The van der Waals surface area contributed by atoms with Crippen LogP contribution in [-0.4, -0.2) is 57.1 Å². The summed E-state index contributed by atoms with van der Waals surface area (Å²) in [4.78, 5) is 24.8. The third-order valence-corrected chi connectivity index (χ3v) is 2.89. The fourth-order valence-electron chi connectivity index (χ4n) is 1.61. The van der Waals surface area contributed by atoms with E-state index in [0.717, 1.165) is 13.1 Å². The number of amides is 2. The maximum Gasteiger partial charge on any atom is 0.251 e. The Morgan fingerprint density at radius 3 is 2.35 bits per heavy atom. The van der Waals surface area contributed by atoms with Crippen molar-refractivity contribution in [2.75, 3.05) is 40.4 Å². The van der Waals surface area contributed by atoms with Gasteiger partial charge in [-0.1, -0.05) is 0 Å². The normalized spacial score (nSPS) is 10.6. The zero-order chi connectivity index (χ0) is 15.0. The predicted octanol–water partition coefficient (Wildman–Crippen LogP) is 0.0935. The molecule has 0 fully saturated rings. The zero-order valence-corrected chi connectivity index (χ0v) is 11.9. The SMILES string of the molecule is COCCN(C)CCNC(=O)c1ccc(C(N)=O)cc1. The van der Waals surface area contributed by atoms with Crippen molar-refractivity contribution in [2.24, 2.45) is 5.73 Å². The van der Waals surface area contributed by atoms with Gasteiger partial charge < -0.3 is 20.7 Å². The number of hydrogen-bond donors (Lipinski definition) is 2. The molecule has 110 valence electrons. The molecule has 0 atom stereocenters. The molecule has 6 nitrogen and oxygen atoms in total. The molecule has 1 aromatic rings. The number of nitrogens with zero attached hydrogens (tertiary/aromatic N) is 1. The standard InChI is InChI=1S/C14H21N3O3/c1-17(9-10-20-2)8-7-16-14(19)12-5-3-11(4-6-12)13(15)18/h3-6H,7-10H2,1-2H3,(H2,15,18)(H,16,19). The molecule has 20 heavy (non-hydrogen) atoms. The van der Waals surface area contributed by atoms with Gasteiger partial charge in [0.05, 0.1) is 6.61 Å². The molecule has 0 saturated heterocycles. The Labute approximate surface area is 118 Å². The topological polar surface area (TPSA) is 84.7 Å². The van der Waals surface area contributed by atoms with Crippen molar-refractivity contribution in [2.45, 2.75) is 0 Å². The second-order valence-electron chi connectivity index (χ2n) is 4.49. The van der Waals surface area contributed by atoms with Crippen LogP contribution in [-0.2, 0) is 4.74 Å². The van der Waals surface area contributed by atoms with Crippen molar-refractivity contribution in [1.29, 1.82) is 0 Å². The van der Waals surface area contributed by atoms with E-state index in [-0.39, 0.29) is 5.91 Å². The fraction of sp³-hybridized carbons (Fsp3) is 0.429. The highest BCUT2D eigenvalue weighted by atomic mass is 16.5. The van der Waals surface area contributed by atoms with Crippen LogP contribution in [0.3, 0.4) is 0 Å². The van der Waals surface area contributed by atoms with Crippen LogP contribution >= 0.6 is 0 Å². The van der Waals surface area contributed by atoms with Crippen molar-refractivity contribution in [3.8, 4) is 0 Å². The molecule has 0 saturated carbocycles. The summed E-state index contributed by atoms with van der Waals surface area (Å²) < 4.78 is 4.97. The predicted molar refractivity (Wildman–Crippen MR) is 76.7 cm³/mol. The van der Waals surface area contributed by atoms with E-state index in [2.05, 4.69) is 10.2 Å². The van der Waals surface area contributed by atoms with Gasteiger partial charge in [-0.2, -0.15) is 0 Å². The molecule has 0 aliphatic carbocycles.